The Morgan fingerprint density at radius 2 is 1.81 bits per heavy atom. The fourth-order valence-electron chi connectivity index (χ4n) is 3.25. The van der Waals surface area contributed by atoms with Gasteiger partial charge in [-0.25, -0.2) is 12.7 Å². The second-order valence-corrected chi connectivity index (χ2v) is 9.12. The van der Waals surface area contributed by atoms with Crippen molar-refractivity contribution in [1.29, 1.82) is 0 Å². The minimum Gasteiger partial charge on any atom is -0.352 e. The van der Waals surface area contributed by atoms with Crippen molar-refractivity contribution in [2.45, 2.75) is 25.1 Å². The molecule has 27 heavy (non-hydrogen) atoms. The van der Waals surface area contributed by atoms with Crippen molar-refractivity contribution in [2.75, 3.05) is 13.1 Å². The highest BCUT2D eigenvalue weighted by Crippen LogP contribution is 2.22. The van der Waals surface area contributed by atoms with Gasteiger partial charge in [-0.15, -0.1) is 0 Å². The molecule has 1 heterocycles. The monoisotopic (exact) mass is 406 g/mol. The molecule has 7 heteroatoms. The van der Waals surface area contributed by atoms with E-state index < -0.39 is 10.0 Å². The van der Waals surface area contributed by atoms with Crippen LogP contribution in [0.4, 0.5) is 0 Å². The molecular weight excluding hydrogens is 384 g/mol. The molecule has 1 atom stereocenters. The predicted molar refractivity (Wildman–Crippen MR) is 107 cm³/mol. The molecule has 1 fully saturated rings. The number of carbonyl (C=O) groups excluding carboxylic acids is 1. The molecule has 0 unspecified atom stereocenters. The number of piperidine rings is 1. The van der Waals surface area contributed by atoms with Crippen LogP contribution in [0.25, 0.3) is 0 Å². The van der Waals surface area contributed by atoms with Crippen LogP contribution in [0, 0.1) is 5.92 Å². The SMILES string of the molecule is O=C(NCc1ccccc1Cl)[C@@H]1CCCN(S(=O)(=O)Cc2ccccc2)C1. The Labute approximate surface area is 165 Å². The lowest BCUT2D eigenvalue weighted by atomic mass is 9.99. The summed E-state index contributed by atoms with van der Waals surface area (Å²) < 4.78 is 26.9. The maximum atomic E-state index is 12.7. The molecule has 144 valence electrons. The first-order chi connectivity index (χ1) is 13.0. The summed E-state index contributed by atoms with van der Waals surface area (Å²) >= 11 is 6.11. The minimum atomic E-state index is -3.44. The first-order valence-corrected chi connectivity index (χ1v) is 11.0. The highest BCUT2D eigenvalue weighted by atomic mass is 35.5. The number of benzene rings is 2. The molecule has 0 aromatic heterocycles. The van der Waals surface area contributed by atoms with Gasteiger partial charge in [-0.1, -0.05) is 60.1 Å². The fraction of sp³-hybridized carbons (Fsp3) is 0.350. The predicted octanol–water partition coefficient (Wildman–Crippen LogP) is 3.20. The zero-order chi connectivity index (χ0) is 19.3. The number of amides is 1. The maximum absolute atomic E-state index is 12.7. The Morgan fingerprint density at radius 1 is 1.11 bits per heavy atom. The van der Waals surface area contributed by atoms with Crippen molar-refractivity contribution in [1.82, 2.24) is 9.62 Å². The second kappa shape index (κ2) is 8.87. The highest BCUT2D eigenvalue weighted by Gasteiger charge is 2.32. The molecule has 2 aromatic rings. The van der Waals surface area contributed by atoms with Gasteiger partial charge in [0.15, 0.2) is 0 Å². The van der Waals surface area contributed by atoms with E-state index in [0.717, 1.165) is 11.1 Å². The smallest absolute Gasteiger partial charge is 0.224 e. The highest BCUT2D eigenvalue weighted by molar-refractivity contribution is 7.88. The molecule has 1 saturated heterocycles. The van der Waals surface area contributed by atoms with Crippen LogP contribution in [0.15, 0.2) is 54.6 Å². The number of nitrogens with zero attached hydrogens (tertiary/aromatic N) is 1. The van der Waals surface area contributed by atoms with Gasteiger partial charge in [0, 0.05) is 24.7 Å². The van der Waals surface area contributed by atoms with Gasteiger partial charge in [0.25, 0.3) is 0 Å². The average Bonchev–Trinajstić information content (AvgIpc) is 2.68. The van der Waals surface area contributed by atoms with Crippen LogP contribution in [0.3, 0.4) is 0 Å². The number of rotatable bonds is 6. The molecule has 0 aliphatic carbocycles. The van der Waals surface area contributed by atoms with Gasteiger partial charge in [-0.2, -0.15) is 0 Å². The Balaban J connectivity index is 1.60. The lowest BCUT2D eigenvalue weighted by Crippen LogP contribution is -2.45. The second-order valence-electron chi connectivity index (χ2n) is 6.75. The summed E-state index contributed by atoms with van der Waals surface area (Å²) in [4.78, 5) is 12.5. The van der Waals surface area contributed by atoms with E-state index in [1.54, 1.807) is 18.2 Å². The summed E-state index contributed by atoms with van der Waals surface area (Å²) in [6.07, 6.45) is 1.36. The van der Waals surface area contributed by atoms with Gasteiger partial charge in [0.2, 0.25) is 15.9 Å². The van der Waals surface area contributed by atoms with Crippen LogP contribution in [0.5, 0.6) is 0 Å². The summed E-state index contributed by atoms with van der Waals surface area (Å²) in [5.74, 6) is -0.511. The largest absolute Gasteiger partial charge is 0.352 e. The summed E-state index contributed by atoms with van der Waals surface area (Å²) in [6.45, 7) is 1.03. The number of halogens is 1. The molecule has 3 rings (SSSR count). The molecule has 1 aliphatic heterocycles. The topological polar surface area (TPSA) is 66.5 Å². The third kappa shape index (κ3) is 5.31. The normalized spacial score (nSPS) is 18.2. The van der Waals surface area contributed by atoms with E-state index in [-0.39, 0.29) is 24.1 Å². The maximum Gasteiger partial charge on any atom is 0.224 e. The van der Waals surface area contributed by atoms with Crippen molar-refractivity contribution in [2.24, 2.45) is 5.92 Å². The van der Waals surface area contributed by atoms with Crippen LogP contribution in [0.2, 0.25) is 5.02 Å². The number of carbonyl (C=O) groups is 1. The quantitative estimate of drug-likeness (QED) is 0.801. The summed E-state index contributed by atoms with van der Waals surface area (Å²) in [6, 6.07) is 16.5. The van der Waals surface area contributed by atoms with Gasteiger partial charge in [0.1, 0.15) is 0 Å². The Hall–Kier alpha value is -1.89. The van der Waals surface area contributed by atoms with Gasteiger partial charge in [-0.05, 0) is 30.0 Å². The summed E-state index contributed by atoms with van der Waals surface area (Å²) in [5.41, 5.74) is 1.60. The Kier molecular flexibility index (Phi) is 6.52. The Morgan fingerprint density at radius 3 is 2.56 bits per heavy atom. The molecule has 0 saturated carbocycles. The van der Waals surface area contributed by atoms with Crippen LogP contribution in [-0.4, -0.2) is 31.7 Å². The summed E-state index contributed by atoms with van der Waals surface area (Å²) in [5, 5.41) is 3.49. The van der Waals surface area contributed by atoms with Crippen molar-refractivity contribution >= 4 is 27.5 Å². The van der Waals surface area contributed by atoms with E-state index in [2.05, 4.69) is 5.32 Å². The van der Waals surface area contributed by atoms with Gasteiger partial charge >= 0.3 is 0 Å². The molecular formula is C20H23ClN2O3S. The summed E-state index contributed by atoms with van der Waals surface area (Å²) in [7, 11) is -3.44. The van der Waals surface area contributed by atoms with Crippen LogP contribution >= 0.6 is 11.6 Å². The average molecular weight is 407 g/mol. The van der Waals surface area contributed by atoms with E-state index in [4.69, 9.17) is 11.6 Å². The lowest BCUT2D eigenvalue weighted by Gasteiger charge is -2.31. The molecule has 0 bridgehead atoms. The molecule has 0 spiro atoms. The van der Waals surface area contributed by atoms with E-state index in [1.807, 2.05) is 36.4 Å². The molecule has 1 N–H and O–H groups in total. The van der Waals surface area contributed by atoms with Crippen molar-refractivity contribution in [3.63, 3.8) is 0 Å². The molecule has 5 nitrogen and oxygen atoms in total. The van der Waals surface area contributed by atoms with E-state index >= 15 is 0 Å². The number of sulfonamides is 1. The third-order valence-corrected chi connectivity index (χ3v) is 6.94. The molecule has 1 aliphatic rings. The van der Waals surface area contributed by atoms with Crippen LogP contribution in [-0.2, 0) is 27.1 Å². The minimum absolute atomic E-state index is 0.0399. The first kappa shape index (κ1) is 19.9. The zero-order valence-corrected chi connectivity index (χ0v) is 16.5. The third-order valence-electron chi connectivity index (χ3n) is 4.75. The standard InChI is InChI=1S/C20H23ClN2O3S/c21-19-11-5-4-9-17(19)13-22-20(24)18-10-6-12-23(14-18)27(25,26)15-16-7-2-1-3-8-16/h1-5,7-9,11,18H,6,10,12-15H2,(H,22,24)/t18-/m1/s1. The molecule has 2 aromatic carbocycles. The number of hydrogen-bond acceptors (Lipinski definition) is 3. The van der Waals surface area contributed by atoms with Gasteiger partial charge in [-0.3, -0.25) is 4.79 Å². The van der Waals surface area contributed by atoms with Gasteiger partial charge in [0.05, 0.1) is 11.7 Å². The zero-order valence-electron chi connectivity index (χ0n) is 15.0. The van der Waals surface area contributed by atoms with Crippen LogP contribution < -0.4 is 5.32 Å². The first-order valence-electron chi connectivity index (χ1n) is 8.98. The number of nitrogens with one attached hydrogen (secondary N) is 1. The van der Waals surface area contributed by atoms with Crippen LogP contribution in [0.1, 0.15) is 24.0 Å². The van der Waals surface area contributed by atoms with Gasteiger partial charge < -0.3 is 5.32 Å². The number of hydrogen-bond donors (Lipinski definition) is 1. The Bertz CT molecular complexity index is 887. The van der Waals surface area contributed by atoms with E-state index in [1.165, 1.54) is 4.31 Å². The van der Waals surface area contributed by atoms with E-state index in [0.29, 0.717) is 31.0 Å². The van der Waals surface area contributed by atoms with E-state index in [9.17, 15) is 13.2 Å². The lowest BCUT2D eigenvalue weighted by molar-refractivity contribution is -0.126. The fourth-order valence-corrected chi connectivity index (χ4v) is 5.07. The molecule has 0 radical (unpaired) electrons. The molecule has 1 amide bonds. The van der Waals surface area contributed by atoms with Crippen molar-refractivity contribution in [3.8, 4) is 0 Å². The van der Waals surface area contributed by atoms with Crippen molar-refractivity contribution in [3.05, 3.63) is 70.7 Å². The van der Waals surface area contributed by atoms with Crippen molar-refractivity contribution < 1.29 is 13.2 Å².